The summed E-state index contributed by atoms with van der Waals surface area (Å²) in [7, 11) is 0. The predicted octanol–water partition coefficient (Wildman–Crippen LogP) is 3.64. The third-order valence-corrected chi connectivity index (χ3v) is 3.53. The molecule has 146 valence electrons. The van der Waals surface area contributed by atoms with Gasteiger partial charge in [0.25, 0.3) is 0 Å². The van der Waals surface area contributed by atoms with Crippen LogP contribution in [0.3, 0.4) is 0 Å². The number of pyridine rings is 1. The lowest BCUT2D eigenvalue weighted by atomic mass is 10.1. The average Bonchev–Trinajstić information content (AvgIpc) is 2.61. The second-order valence-electron chi connectivity index (χ2n) is 5.79. The Hall–Kier alpha value is -2.91. The smallest absolute Gasteiger partial charge is 0.422 e. The highest BCUT2D eigenvalue weighted by atomic mass is 19.4. The number of nitrogens with zero attached hydrogens (tertiary/aromatic N) is 3. The van der Waals surface area contributed by atoms with Crippen LogP contribution in [-0.4, -0.2) is 33.6 Å². The van der Waals surface area contributed by atoms with E-state index in [-0.39, 0.29) is 17.8 Å². The second kappa shape index (κ2) is 8.65. The molecule has 1 amide bonds. The molecule has 2 rings (SSSR count). The summed E-state index contributed by atoms with van der Waals surface area (Å²) in [6.45, 7) is 3.88. The van der Waals surface area contributed by atoms with Crippen molar-refractivity contribution in [3.05, 3.63) is 35.8 Å². The van der Waals surface area contributed by atoms with Crippen LogP contribution in [0.1, 0.15) is 37.6 Å². The fourth-order valence-corrected chi connectivity index (χ4v) is 2.13. The largest absolute Gasteiger partial charge is 0.468 e. The number of carbonyl (C=O) groups is 1. The first-order valence-corrected chi connectivity index (χ1v) is 8.23. The van der Waals surface area contributed by atoms with Crippen molar-refractivity contribution in [3.63, 3.8) is 0 Å². The van der Waals surface area contributed by atoms with E-state index in [9.17, 15) is 18.0 Å². The van der Waals surface area contributed by atoms with Crippen molar-refractivity contribution < 1.29 is 22.7 Å². The van der Waals surface area contributed by atoms with Crippen molar-refractivity contribution in [2.45, 2.75) is 39.4 Å². The minimum absolute atomic E-state index is 0.112. The van der Waals surface area contributed by atoms with Crippen LogP contribution in [0.5, 0.6) is 5.88 Å². The number of alkyl halides is 3. The third-order valence-electron chi connectivity index (χ3n) is 3.53. The van der Waals surface area contributed by atoms with Gasteiger partial charge in [-0.1, -0.05) is 6.92 Å². The van der Waals surface area contributed by atoms with Crippen LogP contribution in [0.15, 0.2) is 24.5 Å². The maximum Gasteiger partial charge on any atom is 0.422 e. The molecule has 2 heterocycles. The summed E-state index contributed by atoms with van der Waals surface area (Å²) in [6, 6.07) is 2.81. The lowest BCUT2D eigenvalue weighted by Crippen LogP contribution is -2.20. The molecular weight excluding hydrogens is 363 g/mol. The molecule has 10 heteroatoms. The van der Waals surface area contributed by atoms with Gasteiger partial charge in [0.15, 0.2) is 12.4 Å². The lowest BCUT2D eigenvalue weighted by molar-refractivity contribution is -0.154. The summed E-state index contributed by atoms with van der Waals surface area (Å²) in [6.07, 6.45) is -1.29. The molecule has 7 nitrogen and oxygen atoms in total. The van der Waals surface area contributed by atoms with E-state index in [2.05, 4.69) is 30.3 Å². The van der Waals surface area contributed by atoms with E-state index in [1.807, 2.05) is 6.92 Å². The predicted molar refractivity (Wildman–Crippen MR) is 93.5 cm³/mol. The molecular formula is C17H20F3N5O2. The van der Waals surface area contributed by atoms with E-state index in [0.29, 0.717) is 29.3 Å². The molecule has 0 spiro atoms. The lowest BCUT2D eigenvalue weighted by Gasteiger charge is -2.17. The number of hydrogen-bond donors (Lipinski definition) is 2. The van der Waals surface area contributed by atoms with Gasteiger partial charge >= 0.3 is 6.18 Å². The van der Waals surface area contributed by atoms with Crippen molar-refractivity contribution in [3.8, 4) is 5.88 Å². The number of hydrogen-bond acceptors (Lipinski definition) is 6. The van der Waals surface area contributed by atoms with Gasteiger partial charge in [0.1, 0.15) is 5.82 Å². The van der Waals surface area contributed by atoms with Crippen LogP contribution in [0.2, 0.25) is 0 Å². The monoisotopic (exact) mass is 383 g/mol. The molecule has 2 aromatic rings. The Morgan fingerprint density at radius 1 is 1.33 bits per heavy atom. The summed E-state index contributed by atoms with van der Waals surface area (Å²) in [5, 5.41) is 5.75. The van der Waals surface area contributed by atoms with Crippen LogP contribution >= 0.6 is 0 Å². The number of anilines is 2. The Morgan fingerprint density at radius 3 is 2.70 bits per heavy atom. The summed E-state index contributed by atoms with van der Waals surface area (Å²) >= 11 is 0. The highest BCUT2D eigenvalue weighted by molar-refractivity contribution is 5.89. The number of rotatable bonds is 7. The first-order valence-electron chi connectivity index (χ1n) is 8.23. The van der Waals surface area contributed by atoms with Crippen LogP contribution < -0.4 is 15.4 Å². The molecule has 0 aliphatic carbocycles. The second-order valence-corrected chi connectivity index (χ2v) is 5.79. The maximum absolute atomic E-state index is 12.3. The topological polar surface area (TPSA) is 89.0 Å². The van der Waals surface area contributed by atoms with Gasteiger partial charge in [-0.05, 0) is 25.5 Å². The molecule has 2 aromatic heterocycles. The number of ether oxygens (including phenoxy) is 1. The first-order chi connectivity index (χ1) is 12.7. The number of aromatic nitrogens is 3. The summed E-state index contributed by atoms with van der Waals surface area (Å²) in [4.78, 5) is 23.7. The van der Waals surface area contributed by atoms with E-state index in [1.165, 1.54) is 18.5 Å². The fraction of sp³-hybridized carbons (Fsp3) is 0.412. The number of nitrogens with one attached hydrogen (secondary N) is 2. The molecule has 27 heavy (non-hydrogen) atoms. The molecule has 1 unspecified atom stereocenters. The Kier molecular flexibility index (Phi) is 6.54. The van der Waals surface area contributed by atoms with Gasteiger partial charge in [0.05, 0.1) is 17.9 Å². The highest BCUT2D eigenvalue weighted by Crippen LogP contribution is 2.23. The number of carbonyl (C=O) groups excluding carboxylic acids is 1. The van der Waals surface area contributed by atoms with Gasteiger partial charge in [-0.15, -0.1) is 0 Å². The van der Waals surface area contributed by atoms with Gasteiger partial charge < -0.3 is 15.4 Å². The van der Waals surface area contributed by atoms with Crippen molar-refractivity contribution in [2.24, 2.45) is 0 Å². The van der Waals surface area contributed by atoms with Crippen LogP contribution in [0, 0.1) is 6.92 Å². The van der Waals surface area contributed by atoms with Crippen LogP contribution in [-0.2, 0) is 4.79 Å². The van der Waals surface area contributed by atoms with E-state index >= 15 is 0 Å². The van der Waals surface area contributed by atoms with Crippen molar-refractivity contribution >= 4 is 17.5 Å². The van der Waals surface area contributed by atoms with Crippen LogP contribution in [0.4, 0.5) is 24.8 Å². The number of amides is 1. The van der Waals surface area contributed by atoms with E-state index in [1.54, 1.807) is 19.9 Å². The van der Waals surface area contributed by atoms with Gasteiger partial charge in [-0.2, -0.15) is 13.2 Å². The Balaban J connectivity index is 2.06. The Morgan fingerprint density at radius 2 is 2.07 bits per heavy atom. The Labute approximate surface area is 154 Å². The molecule has 0 saturated carbocycles. The normalized spacial score (nSPS) is 12.4. The van der Waals surface area contributed by atoms with Crippen molar-refractivity contribution in [1.82, 2.24) is 15.0 Å². The zero-order valence-electron chi connectivity index (χ0n) is 15.1. The average molecular weight is 383 g/mol. The first kappa shape index (κ1) is 20.4. The van der Waals surface area contributed by atoms with Gasteiger partial charge in [-0.25, -0.2) is 15.0 Å². The summed E-state index contributed by atoms with van der Waals surface area (Å²) in [5.74, 6) is 0.565. The fourth-order valence-electron chi connectivity index (χ4n) is 2.13. The van der Waals surface area contributed by atoms with E-state index < -0.39 is 12.8 Å². The summed E-state index contributed by atoms with van der Waals surface area (Å²) in [5.41, 5.74) is 1.24. The van der Waals surface area contributed by atoms with Gasteiger partial charge in [0, 0.05) is 18.7 Å². The number of aryl methyl sites for hydroxylation is 1. The standard InChI is InChI=1S/C17H20F3N5O2/c1-4-14(26)25-13-8-22-16(11(3)23-13)24-10(2)12-5-6-21-15(7-12)27-9-17(18,19)20/h5-8,10H,4,9H2,1-3H3,(H,22,24)(H,23,25,26). The molecule has 1 atom stereocenters. The molecule has 0 radical (unpaired) electrons. The minimum atomic E-state index is -4.43. The maximum atomic E-state index is 12.3. The third kappa shape index (κ3) is 6.39. The van der Waals surface area contributed by atoms with E-state index in [4.69, 9.17) is 0 Å². The number of halogens is 3. The quantitative estimate of drug-likeness (QED) is 0.759. The van der Waals surface area contributed by atoms with Crippen molar-refractivity contribution in [1.29, 1.82) is 0 Å². The molecule has 0 aliphatic rings. The van der Waals surface area contributed by atoms with Gasteiger partial charge in [-0.3, -0.25) is 4.79 Å². The molecule has 0 saturated heterocycles. The molecule has 0 fully saturated rings. The van der Waals surface area contributed by atoms with Crippen molar-refractivity contribution in [2.75, 3.05) is 17.2 Å². The SMILES string of the molecule is CCC(=O)Nc1cnc(NC(C)c2ccnc(OCC(F)(F)F)c2)c(C)n1. The highest BCUT2D eigenvalue weighted by Gasteiger charge is 2.28. The van der Waals surface area contributed by atoms with Gasteiger partial charge in [0.2, 0.25) is 11.8 Å². The molecule has 0 aliphatic heterocycles. The molecule has 2 N–H and O–H groups in total. The zero-order chi connectivity index (χ0) is 20.0. The molecule has 0 aromatic carbocycles. The van der Waals surface area contributed by atoms with E-state index in [0.717, 1.165) is 0 Å². The molecule has 0 bridgehead atoms. The minimum Gasteiger partial charge on any atom is -0.468 e. The van der Waals surface area contributed by atoms with Crippen LogP contribution in [0.25, 0.3) is 0 Å². The zero-order valence-corrected chi connectivity index (χ0v) is 15.1. The Bertz CT molecular complexity index is 798. The summed E-state index contributed by atoms with van der Waals surface area (Å²) < 4.78 is 41.4.